The quantitative estimate of drug-likeness (QED) is 0.714. The SMILES string of the molecule is OCCNC1CCOC2(CCCC2)C1. The van der Waals surface area contributed by atoms with Crippen molar-refractivity contribution >= 4 is 0 Å². The van der Waals surface area contributed by atoms with Gasteiger partial charge in [0.1, 0.15) is 0 Å². The Morgan fingerprint density at radius 1 is 1.36 bits per heavy atom. The fourth-order valence-corrected chi connectivity index (χ4v) is 2.84. The first-order valence-electron chi connectivity index (χ1n) is 5.83. The Bertz CT molecular complexity index is 178. The van der Waals surface area contributed by atoms with Crippen LogP contribution in [0.25, 0.3) is 0 Å². The number of ether oxygens (including phenoxy) is 1. The summed E-state index contributed by atoms with van der Waals surface area (Å²) >= 11 is 0. The number of hydrogen-bond donors (Lipinski definition) is 2. The second-order valence-electron chi connectivity index (χ2n) is 4.61. The molecule has 2 N–H and O–H groups in total. The minimum Gasteiger partial charge on any atom is -0.395 e. The third kappa shape index (κ3) is 2.27. The first-order chi connectivity index (χ1) is 6.85. The molecule has 1 aliphatic carbocycles. The van der Waals surface area contributed by atoms with Crippen molar-refractivity contribution in [3.63, 3.8) is 0 Å². The van der Waals surface area contributed by atoms with Crippen molar-refractivity contribution in [3.05, 3.63) is 0 Å². The fourth-order valence-electron chi connectivity index (χ4n) is 2.84. The standard InChI is InChI=1S/C11H21NO2/c13-7-6-12-10-3-8-14-11(9-10)4-1-2-5-11/h10,12-13H,1-9H2. The Hall–Kier alpha value is -0.120. The maximum absolute atomic E-state index is 8.76. The first-order valence-corrected chi connectivity index (χ1v) is 5.83. The lowest BCUT2D eigenvalue weighted by molar-refractivity contribution is -0.0837. The Balaban J connectivity index is 1.83. The van der Waals surface area contributed by atoms with Gasteiger partial charge in [0.25, 0.3) is 0 Å². The monoisotopic (exact) mass is 199 g/mol. The zero-order valence-electron chi connectivity index (χ0n) is 8.80. The molecule has 0 aromatic carbocycles. The van der Waals surface area contributed by atoms with Crippen LogP contribution in [-0.2, 0) is 4.74 Å². The van der Waals surface area contributed by atoms with E-state index in [1.807, 2.05) is 0 Å². The highest BCUT2D eigenvalue weighted by Gasteiger charge is 2.39. The van der Waals surface area contributed by atoms with E-state index in [1.165, 1.54) is 25.7 Å². The van der Waals surface area contributed by atoms with E-state index < -0.39 is 0 Å². The van der Waals surface area contributed by atoms with Gasteiger partial charge in [0.15, 0.2) is 0 Å². The number of hydrogen-bond acceptors (Lipinski definition) is 3. The zero-order chi connectivity index (χ0) is 9.86. The van der Waals surface area contributed by atoms with E-state index in [0.717, 1.165) is 26.0 Å². The van der Waals surface area contributed by atoms with E-state index >= 15 is 0 Å². The molecule has 1 unspecified atom stereocenters. The van der Waals surface area contributed by atoms with Gasteiger partial charge in [-0.05, 0) is 25.7 Å². The van der Waals surface area contributed by atoms with Crippen molar-refractivity contribution in [3.8, 4) is 0 Å². The Morgan fingerprint density at radius 3 is 2.86 bits per heavy atom. The summed E-state index contributed by atoms with van der Waals surface area (Å²) in [6.45, 7) is 1.86. The number of nitrogens with one attached hydrogen (secondary N) is 1. The van der Waals surface area contributed by atoms with E-state index in [2.05, 4.69) is 5.32 Å². The molecule has 0 aromatic rings. The van der Waals surface area contributed by atoms with E-state index in [0.29, 0.717) is 6.04 Å². The summed E-state index contributed by atoms with van der Waals surface area (Å²) in [5, 5.41) is 12.2. The number of rotatable bonds is 3. The molecular formula is C11H21NO2. The van der Waals surface area contributed by atoms with Crippen LogP contribution in [0.1, 0.15) is 38.5 Å². The van der Waals surface area contributed by atoms with E-state index in [4.69, 9.17) is 9.84 Å². The maximum Gasteiger partial charge on any atom is 0.0697 e. The lowest BCUT2D eigenvalue weighted by Crippen LogP contribution is -2.46. The van der Waals surface area contributed by atoms with Crippen molar-refractivity contribution < 1.29 is 9.84 Å². The molecule has 1 saturated heterocycles. The predicted octanol–water partition coefficient (Wildman–Crippen LogP) is 1.06. The molecule has 14 heavy (non-hydrogen) atoms. The Kier molecular flexibility index (Phi) is 3.42. The average molecular weight is 199 g/mol. The summed E-state index contributed by atoms with van der Waals surface area (Å²) in [5.74, 6) is 0. The van der Waals surface area contributed by atoms with Crippen LogP contribution in [0.5, 0.6) is 0 Å². The molecule has 3 nitrogen and oxygen atoms in total. The normalized spacial score (nSPS) is 31.1. The summed E-state index contributed by atoms with van der Waals surface area (Å²) < 4.78 is 5.93. The molecule has 1 saturated carbocycles. The highest BCUT2D eigenvalue weighted by atomic mass is 16.5. The third-order valence-corrected chi connectivity index (χ3v) is 3.55. The average Bonchev–Trinajstić information content (AvgIpc) is 2.63. The van der Waals surface area contributed by atoms with Crippen LogP contribution < -0.4 is 5.32 Å². The maximum atomic E-state index is 8.76. The van der Waals surface area contributed by atoms with Crippen molar-refractivity contribution in [1.29, 1.82) is 0 Å². The van der Waals surface area contributed by atoms with Gasteiger partial charge in [-0.3, -0.25) is 0 Å². The van der Waals surface area contributed by atoms with Gasteiger partial charge in [0.2, 0.25) is 0 Å². The summed E-state index contributed by atoms with van der Waals surface area (Å²) in [7, 11) is 0. The highest BCUT2D eigenvalue weighted by Crippen LogP contribution is 2.39. The zero-order valence-corrected chi connectivity index (χ0v) is 8.80. The molecule has 1 atom stereocenters. The van der Waals surface area contributed by atoms with Crippen LogP contribution in [0, 0.1) is 0 Å². The van der Waals surface area contributed by atoms with Gasteiger partial charge < -0.3 is 15.2 Å². The van der Waals surface area contributed by atoms with Crippen LogP contribution in [-0.4, -0.2) is 36.5 Å². The molecule has 1 spiro atoms. The van der Waals surface area contributed by atoms with Gasteiger partial charge in [-0.2, -0.15) is 0 Å². The van der Waals surface area contributed by atoms with Crippen LogP contribution in [0.2, 0.25) is 0 Å². The molecule has 0 bridgehead atoms. The van der Waals surface area contributed by atoms with Gasteiger partial charge in [0, 0.05) is 19.2 Å². The van der Waals surface area contributed by atoms with Crippen LogP contribution >= 0.6 is 0 Å². The van der Waals surface area contributed by atoms with E-state index in [-0.39, 0.29) is 12.2 Å². The molecule has 1 aliphatic heterocycles. The molecule has 2 fully saturated rings. The molecule has 82 valence electrons. The first kappa shape index (κ1) is 10.4. The second-order valence-corrected chi connectivity index (χ2v) is 4.61. The molecule has 0 aromatic heterocycles. The Labute approximate surface area is 85.8 Å². The number of aliphatic hydroxyl groups excluding tert-OH is 1. The van der Waals surface area contributed by atoms with E-state index in [9.17, 15) is 0 Å². The van der Waals surface area contributed by atoms with Crippen molar-refractivity contribution in [2.24, 2.45) is 0 Å². The smallest absolute Gasteiger partial charge is 0.0697 e. The lowest BCUT2D eigenvalue weighted by atomic mass is 9.89. The Morgan fingerprint density at radius 2 is 2.14 bits per heavy atom. The molecule has 2 rings (SSSR count). The van der Waals surface area contributed by atoms with Crippen LogP contribution in [0.15, 0.2) is 0 Å². The van der Waals surface area contributed by atoms with E-state index in [1.54, 1.807) is 0 Å². The topological polar surface area (TPSA) is 41.5 Å². The third-order valence-electron chi connectivity index (χ3n) is 3.55. The van der Waals surface area contributed by atoms with Gasteiger partial charge in [-0.1, -0.05) is 12.8 Å². The fraction of sp³-hybridized carbons (Fsp3) is 1.00. The van der Waals surface area contributed by atoms with Crippen molar-refractivity contribution in [2.45, 2.75) is 50.2 Å². The highest BCUT2D eigenvalue weighted by molar-refractivity contribution is 4.93. The molecule has 0 radical (unpaired) electrons. The van der Waals surface area contributed by atoms with Gasteiger partial charge in [0.05, 0.1) is 12.2 Å². The largest absolute Gasteiger partial charge is 0.395 e. The summed E-state index contributed by atoms with van der Waals surface area (Å²) in [4.78, 5) is 0. The molecule has 0 amide bonds. The number of aliphatic hydroxyl groups is 1. The van der Waals surface area contributed by atoms with Crippen LogP contribution in [0.4, 0.5) is 0 Å². The summed E-state index contributed by atoms with van der Waals surface area (Å²) in [6, 6.07) is 0.564. The minimum atomic E-state index is 0.200. The van der Waals surface area contributed by atoms with Gasteiger partial charge >= 0.3 is 0 Å². The molecule has 2 aliphatic rings. The molecule has 3 heteroatoms. The molecular weight excluding hydrogens is 178 g/mol. The molecule has 1 heterocycles. The summed E-state index contributed by atoms with van der Waals surface area (Å²) in [5.41, 5.74) is 0.200. The van der Waals surface area contributed by atoms with Gasteiger partial charge in [-0.15, -0.1) is 0 Å². The lowest BCUT2D eigenvalue weighted by Gasteiger charge is -2.38. The van der Waals surface area contributed by atoms with Crippen molar-refractivity contribution in [2.75, 3.05) is 19.8 Å². The van der Waals surface area contributed by atoms with Gasteiger partial charge in [-0.25, -0.2) is 0 Å². The summed E-state index contributed by atoms with van der Waals surface area (Å²) in [6.07, 6.45) is 7.38. The minimum absolute atomic E-state index is 0.200. The van der Waals surface area contributed by atoms with Crippen LogP contribution in [0.3, 0.4) is 0 Å². The second kappa shape index (κ2) is 4.60. The predicted molar refractivity (Wildman–Crippen MR) is 55.3 cm³/mol. The van der Waals surface area contributed by atoms with Crippen molar-refractivity contribution in [1.82, 2.24) is 5.32 Å².